The molecule has 0 amide bonds. The fourth-order valence-corrected chi connectivity index (χ4v) is 2.77. The van der Waals surface area contributed by atoms with E-state index in [1.54, 1.807) is 6.92 Å². The van der Waals surface area contributed by atoms with Gasteiger partial charge in [0, 0.05) is 18.3 Å². The third kappa shape index (κ3) is 2.75. The number of hydrogen-bond acceptors (Lipinski definition) is 3. The van der Waals surface area contributed by atoms with E-state index in [1.165, 1.54) is 16.3 Å². The Balaban J connectivity index is 1.93. The fraction of sp³-hybridized carbons (Fsp3) is 0.211. The number of fused-ring (bicyclic) bond motifs is 1. The molecule has 0 atom stereocenters. The van der Waals surface area contributed by atoms with Crippen LogP contribution < -0.4 is 10.9 Å². The van der Waals surface area contributed by atoms with Crippen LogP contribution >= 0.6 is 0 Å². The average Bonchev–Trinajstić information content (AvgIpc) is 2.52. The largest absolute Gasteiger partial charge is 0.428 e. The highest BCUT2D eigenvalue weighted by atomic mass is 16.4. The smallest absolute Gasteiger partial charge is 0.341 e. The summed E-state index contributed by atoms with van der Waals surface area (Å²) in [5, 5.41) is 5.85. The monoisotopic (exact) mass is 293 g/mol. The standard InChI is InChI=1S/C19H19NO2/c1-3-16-18(11-13(2)22-19(16)21)20-12-15-9-6-8-14-7-4-5-10-17(14)15/h4-11,20H,3,12H2,1-2H3. The molecule has 1 aromatic heterocycles. The van der Waals surface area contributed by atoms with Gasteiger partial charge in [-0.1, -0.05) is 49.4 Å². The van der Waals surface area contributed by atoms with Crippen LogP contribution in [0.2, 0.25) is 0 Å². The van der Waals surface area contributed by atoms with Gasteiger partial charge >= 0.3 is 5.63 Å². The predicted octanol–water partition coefficient (Wildman–Crippen LogP) is 4.28. The first-order chi connectivity index (χ1) is 10.7. The number of nitrogens with one attached hydrogen (secondary N) is 1. The molecule has 3 aromatic rings. The van der Waals surface area contributed by atoms with E-state index in [1.807, 2.05) is 25.1 Å². The van der Waals surface area contributed by atoms with Gasteiger partial charge in [-0.15, -0.1) is 0 Å². The van der Waals surface area contributed by atoms with Gasteiger partial charge < -0.3 is 9.73 Å². The normalized spacial score (nSPS) is 10.8. The molecule has 0 fully saturated rings. The maximum atomic E-state index is 11.9. The third-order valence-corrected chi connectivity index (χ3v) is 3.88. The molecule has 0 aliphatic carbocycles. The molecule has 1 heterocycles. The first-order valence-corrected chi connectivity index (χ1v) is 7.53. The minimum Gasteiger partial charge on any atom is -0.428 e. The Bertz CT molecular complexity index is 859. The van der Waals surface area contributed by atoms with Crippen LogP contribution in [-0.4, -0.2) is 0 Å². The van der Waals surface area contributed by atoms with E-state index in [-0.39, 0.29) is 5.63 Å². The predicted molar refractivity (Wildman–Crippen MR) is 90.4 cm³/mol. The van der Waals surface area contributed by atoms with Gasteiger partial charge in [0.15, 0.2) is 0 Å². The van der Waals surface area contributed by atoms with Gasteiger partial charge in [-0.05, 0) is 29.7 Å². The van der Waals surface area contributed by atoms with Crippen LogP contribution in [0.15, 0.2) is 57.7 Å². The van der Waals surface area contributed by atoms with Gasteiger partial charge in [-0.25, -0.2) is 4.79 Å². The van der Waals surface area contributed by atoms with Crippen LogP contribution in [0, 0.1) is 6.92 Å². The molecule has 0 aliphatic rings. The van der Waals surface area contributed by atoms with Crippen molar-refractivity contribution in [2.45, 2.75) is 26.8 Å². The van der Waals surface area contributed by atoms with E-state index >= 15 is 0 Å². The fourth-order valence-electron chi connectivity index (χ4n) is 2.77. The van der Waals surface area contributed by atoms with Gasteiger partial charge in [0.2, 0.25) is 0 Å². The van der Waals surface area contributed by atoms with Crippen molar-refractivity contribution < 1.29 is 4.42 Å². The average molecular weight is 293 g/mol. The molecule has 1 N–H and O–H groups in total. The van der Waals surface area contributed by atoms with Crippen molar-refractivity contribution in [2.24, 2.45) is 0 Å². The summed E-state index contributed by atoms with van der Waals surface area (Å²) < 4.78 is 5.17. The Hall–Kier alpha value is -2.55. The zero-order chi connectivity index (χ0) is 15.5. The number of benzene rings is 2. The lowest BCUT2D eigenvalue weighted by atomic mass is 10.0. The lowest BCUT2D eigenvalue weighted by Crippen LogP contribution is -2.12. The molecule has 0 spiro atoms. The highest BCUT2D eigenvalue weighted by molar-refractivity contribution is 5.85. The number of rotatable bonds is 4. The van der Waals surface area contributed by atoms with Crippen molar-refractivity contribution in [3.63, 3.8) is 0 Å². The molecule has 0 saturated carbocycles. The quantitative estimate of drug-likeness (QED) is 0.781. The summed E-state index contributed by atoms with van der Waals surface area (Å²) in [5.74, 6) is 0.627. The second-order valence-electron chi connectivity index (χ2n) is 5.38. The van der Waals surface area contributed by atoms with E-state index in [2.05, 4.69) is 35.6 Å². The molecule has 22 heavy (non-hydrogen) atoms. The van der Waals surface area contributed by atoms with E-state index in [0.29, 0.717) is 24.3 Å². The maximum absolute atomic E-state index is 11.9. The Labute approximate surface area is 129 Å². The minimum atomic E-state index is -0.247. The number of aryl methyl sites for hydroxylation is 1. The molecule has 3 heteroatoms. The summed E-state index contributed by atoms with van der Waals surface area (Å²) in [4.78, 5) is 11.9. The van der Waals surface area contributed by atoms with E-state index in [4.69, 9.17) is 4.42 Å². The molecule has 3 rings (SSSR count). The lowest BCUT2D eigenvalue weighted by Gasteiger charge is -2.12. The van der Waals surface area contributed by atoms with Crippen LogP contribution in [-0.2, 0) is 13.0 Å². The van der Waals surface area contributed by atoms with Crippen molar-refractivity contribution >= 4 is 16.5 Å². The van der Waals surface area contributed by atoms with Crippen molar-refractivity contribution in [1.29, 1.82) is 0 Å². The number of anilines is 1. The summed E-state index contributed by atoms with van der Waals surface area (Å²) in [6.45, 7) is 4.44. The molecule has 0 saturated heterocycles. The van der Waals surface area contributed by atoms with Gasteiger partial charge in [-0.2, -0.15) is 0 Å². The molecular formula is C19H19NO2. The van der Waals surface area contributed by atoms with Gasteiger partial charge in [-0.3, -0.25) is 0 Å². The summed E-state index contributed by atoms with van der Waals surface area (Å²) in [6, 6.07) is 16.5. The second-order valence-corrected chi connectivity index (χ2v) is 5.38. The molecule has 0 unspecified atom stereocenters. The molecule has 0 bridgehead atoms. The summed E-state index contributed by atoms with van der Waals surface area (Å²) >= 11 is 0. The lowest BCUT2D eigenvalue weighted by molar-refractivity contribution is 0.474. The topological polar surface area (TPSA) is 42.2 Å². The zero-order valence-corrected chi connectivity index (χ0v) is 12.8. The Kier molecular flexibility index (Phi) is 3.96. The Morgan fingerprint density at radius 3 is 2.68 bits per heavy atom. The van der Waals surface area contributed by atoms with Crippen molar-refractivity contribution in [3.8, 4) is 0 Å². The molecule has 112 valence electrons. The molecule has 0 radical (unpaired) electrons. The van der Waals surface area contributed by atoms with Gasteiger partial charge in [0.25, 0.3) is 0 Å². The van der Waals surface area contributed by atoms with Crippen LogP contribution in [0.25, 0.3) is 10.8 Å². The molecule has 3 nitrogen and oxygen atoms in total. The van der Waals surface area contributed by atoms with Crippen molar-refractivity contribution in [1.82, 2.24) is 0 Å². The van der Waals surface area contributed by atoms with Crippen molar-refractivity contribution in [3.05, 3.63) is 75.8 Å². The Morgan fingerprint density at radius 2 is 1.86 bits per heavy atom. The van der Waals surface area contributed by atoms with Gasteiger partial charge in [0.05, 0.1) is 5.56 Å². The third-order valence-electron chi connectivity index (χ3n) is 3.88. The minimum absolute atomic E-state index is 0.247. The van der Waals surface area contributed by atoms with E-state index < -0.39 is 0 Å². The van der Waals surface area contributed by atoms with E-state index in [0.717, 1.165) is 5.69 Å². The highest BCUT2D eigenvalue weighted by Crippen LogP contribution is 2.21. The summed E-state index contributed by atoms with van der Waals surface area (Å²) in [5.41, 5.74) is 2.53. The summed E-state index contributed by atoms with van der Waals surface area (Å²) in [6.07, 6.45) is 0.653. The van der Waals surface area contributed by atoms with E-state index in [9.17, 15) is 4.79 Å². The van der Waals surface area contributed by atoms with Crippen molar-refractivity contribution in [2.75, 3.05) is 5.32 Å². The van der Waals surface area contributed by atoms with Crippen LogP contribution in [0.4, 0.5) is 5.69 Å². The second kappa shape index (κ2) is 6.06. The summed E-state index contributed by atoms with van der Waals surface area (Å²) in [7, 11) is 0. The van der Waals surface area contributed by atoms with Crippen LogP contribution in [0.5, 0.6) is 0 Å². The Morgan fingerprint density at radius 1 is 1.09 bits per heavy atom. The van der Waals surface area contributed by atoms with Crippen LogP contribution in [0.3, 0.4) is 0 Å². The first-order valence-electron chi connectivity index (χ1n) is 7.53. The SMILES string of the molecule is CCc1c(NCc2cccc3ccccc23)cc(C)oc1=O. The van der Waals surface area contributed by atoms with Gasteiger partial charge in [0.1, 0.15) is 5.76 Å². The molecular weight excluding hydrogens is 274 g/mol. The zero-order valence-electron chi connectivity index (χ0n) is 12.8. The molecule has 0 aliphatic heterocycles. The molecule has 2 aromatic carbocycles. The first kappa shape index (κ1) is 14.4. The van der Waals surface area contributed by atoms with Crippen LogP contribution in [0.1, 0.15) is 23.8 Å². The number of hydrogen-bond donors (Lipinski definition) is 1. The maximum Gasteiger partial charge on any atom is 0.341 e. The highest BCUT2D eigenvalue weighted by Gasteiger charge is 2.09.